The summed E-state index contributed by atoms with van der Waals surface area (Å²) < 4.78 is 25.9. The molecule has 3 nitrogen and oxygen atoms in total. The Labute approximate surface area is 94.2 Å². The molecule has 0 bridgehead atoms. The van der Waals surface area contributed by atoms with Crippen LogP contribution in [0.15, 0.2) is 0 Å². The molecule has 92 valence electrons. The lowest BCUT2D eigenvalue weighted by molar-refractivity contribution is -0.141. The third-order valence-electron chi connectivity index (χ3n) is 3.72. The van der Waals surface area contributed by atoms with Crippen LogP contribution in [0.5, 0.6) is 0 Å². The van der Waals surface area contributed by atoms with Crippen molar-refractivity contribution < 1.29 is 13.6 Å². The molecule has 0 atom stereocenters. The van der Waals surface area contributed by atoms with Crippen molar-refractivity contribution in [2.45, 2.75) is 37.6 Å². The van der Waals surface area contributed by atoms with Gasteiger partial charge in [-0.2, -0.15) is 0 Å². The van der Waals surface area contributed by atoms with Crippen molar-refractivity contribution in [3.05, 3.63) is 0 Å². The minimum absolute atomic E-state index is 0.0435. The molecule has 1 aliphatic carbocycles. The summed E-state index contributed by atoms with van der Waals surface area (Å²) in [5, 5.41) is 3.10. The molecule has 1 amide bonds. The fraction of sp³-hybridized carbons (Fsp3) is 0.909. The van der Waals surface area contributed by atoms with Crippen LogP contribution in [0.3, 0.4) is 0 Å². The quantitative estimate of drug-likeness (QED) is 0.777. The van der Waals surface area contributed by atoms with Gasteiger partial charge in [0, 0.05) is 38.9 Å². The van der Waals surface area contributed by atoms with Gasteiger partial charge in [-0.25, -0.2) is 8.78 Å². The number of carbonyl (C=O) groups is 1. The van der Waals surface area contributed by atoms with E-state index in [0.717, 1.165) is 13.1 Å². The molecule has 0 spiro atoms. The molecule has 1 saturated carbocycles. The Balaban J connectivity index is 1.86. The van der Waals surface area contributed by atoms with E-state index in [-0.39, 0.29) is 30.7 Å². The minimum Gasteiger partial charge on any atom is -0.340 e. The number of halogens is 2. The van der Waals surface area contributed by atoms with Crippen molar-refractivity contribution in [3.8, 4) is 0 Å². The van der Waals surface area contributed by atoms with Gasteiger partial charge in [0.2, 0.25) is 11.8 Å². The second-order valence-corrected chi connectivity index (χ2v) is 4.89. The summed E-state index contributed by atoms with van der Waals surface area (Å²) in [6, 6.07) is 0.259. The Bertz CT molecular complexity index is 269. The summed E-state index contributed by atoms with van der Waals surface area (Å²) >= 11 is 0. The number of nitrogens with one attached hydrogen (secondary N) is 1. The first-order valence-corrected chi connectivity index (χ1v) is 5.85. The van der Waals surface area contributed by atoms with Gasteiger partial charge in [0.05, 0.1) is 6.04 Å². The Hall–Kier alpha value is -0.710. The lowest BCUT2D eigenvalue weighted by Crippen LogP contribution is -2.58. The van der Waals surface area contributed by atoms with Crippen molar-refractivity contribution in [1.29, 1.82) is 0 Å². The number of rotatable bonds is 2. The molecule has 1 aliphatic heterocycles. The van der Waals surface area contributed by atoms with Crippen LogP contribution in [0, 0.1) is 5.92 Å². The van der Waals surface area contributed by atoms with Gasteiger partial charge in [-0.1, -0.05) is 0 Å². The molecule has 2 aliphatic rings. The van der Waals surface area contributed by atoms with Gasteiger partial charge in [0.1, 0.15) is 0 Å². The second-order valence-electron chi connectivity index (χ2n) is 4.89. The van der Waals surface area contributed by atoms with E-state index in [1.54, 1.807) is 11.9 Å². The highest BCUT2D eigenvalue weighted by molar-refractivity contribution is 5.79. The molecular weight excluding hydrogens is 214 g/mol. The van der Waals surface area contributed by atoms with E-state index in [1.165, 1.54) is 0 Å². The van der Waals surface area contributed by atoms with Crippen molar-refractivity contribution >= 4 is 5.91 Å². The van der Waals surface area contributed by atoms with E-state index >= 15 is 0 Å². The molecule has 1 N–H and O–H groups in total. The van der Waals surface area contributed by atoms with Crippen molar-refractivity contribution in [2.24, 2.45) is 5.92 Å². The van der Waals surface area contributed by atoms with Gasteiger partial charge in [-0.05, 0) is 12.8 Å². The summed E-state index contributed by atoms with van der Waals surface area (Å²) in [4.78, 5) is 13.7. The SMILES string of the molecule is CN(C(=O)C1CCC(F)(F)CC1)C1CNC1. The van der Waals surface area contributed by atoms with Crippen LogP contribution in [0.25, 0.3) is 0 Å². The van der Waals surface area contributed by atoms with Gasteiger partial charge in [-0.3, -0.25) is 4.79 Å². The molecule has 2 fully saturated rings. The molecule has 1 heterocycles. The van der Waals surface area contributed by atoms with E-state index in [9.17, 15) is 13.6 Å². The van der Waals surface area contributed by atoms with Crippen LogP contribution in [0.1, 0.15) is 25.7 Å². The van der Waals surface area contributed by atoms with Gasteiger partial charge < -0.3 is 10.2 Å². The number of amides is 1. The zero-order valence-corrected chi connectivity index (χ0v) is 9.51. The zero-order valence-electron chi connectivity index (χ0n) is 9.51. The molecule has 0 aromatic rings. The smallest absolute Gasteiger partial charge is 0.248 e. The summed E-state index contributed by atoms with van der Waals surface area (Å²) in [6.07, 6.45) is 0.382. The first-order valence-electron chi connectivity index (χ1n) is 5.85. The third-order valence-corrected chi connectivity index (χ3v) is 3.72. The van der Waals surface area contributed by atoms with Gasteiger partial charge in [0.25, 0.3) is 0 Å². The fourth-order valence-corrected chi connectivity index (χ4v) is 2.30. The molecule has 0 aromatic carbocycles. The normalized spacial score (nSPS) is 26.2. The van der Waals surface area contributed by atoms with Crippen LogP contribution in [-0.2, 0) is 4.79 Å². The van der Waals surface area contributed by atoms with Crippen molar-refractivity contribution in [1.82, 2.24) is 10.2 Å². The average molecular weight is 232 g/mol. The monoisotopic (exact) mass is 232 g/mol. The molecule has 0 radical (unpaired) electrons. The van der Waals surface area contributed by atoms with Gasteiger partial charge in [-0.15, -0.1) is 0 Å². The number of carbonyl (C=O) groups excluding carboxylic acids is 1. The molecular formula is C11H18F2N2O. The Morgan fingerprint density at radius 2 is 1.88 bits per heavy atom. The highest BCUT2D eigenvalue weighted by Gasteiger charge is 2.39. The molecule has 5 heteroatoms. The van der Waals surface area contributed by atoms with Gasteiger partial charge in [0.15, 0.2) is 0 Å². The Morgan fingerprint density at radius 1 is 1.31 bits per heavy atom. The maximum atomic E-state index is 12.9. The molecule has 0 aromatic heterocycles. The number of hydrogen-bond donors (Lipinski definition) is 1. The van der Waals surface area contributed by atoms with Crippen molar-refractivity contribution in [3.63, 3.8) is 0 Å². The second kappa shape index (κ2) is 4.28. The first kappa shape index (κ1) is 11.8. The highest BCUT2D eigenvalue weighted by Crippen LogP contribution is 2.36. The summed E-state index contributed by atoms with van der Waals surface area (Å²) in [7, 11) is 1.78. The van der Waals surface area contributed by atoms with E-state index in [0.29, 0.717) is 12.8 Å². The van der Waals surface area contributed by atoms with E-state index in [2.05, 4.69) is 5.32 Å². The van der Waals surface area contributed by atoms with E-state index < -0.39 is 5.92 Å². The van der Waals surface area contributed by atoms with Crippen LogP contribution >= 0.6 is 0 Å². The number of likely N-dealkylation sites (N-methyl/N-ethyl adjacent to an activating group) is 1. The molecule has 1 saturated heterocycles. The zero-order chi connectivity index (χ0) is 11.8. The third kappa shape index (κ3) is 2.34. The van der Waals surface area contributed by atoms with E-state index in [4.69, 9.17) is 0 Å². The highest BCUT2D eigenvalue weighted by atomic mass is 19.3. The maximum absolute atomic E-state index is 12.9. The predicted octanol–water partition coefficient (Wildman–Crippen LogP) is 1.24. The minimum atomic E-state index is -2.55. The van der Waals surface area contributed by atoms with Crippen LogP contribution in [0.2, 0.25) is 0 Å². The van der Waals surface area contributed by atoms with Crippen LogP contribution in [-0.4, -0.2) is 42.9 Å². The lowest BCUT2D eigenvalue weighted by atomic mass is 9.85. The largest absolute Gasteiger partial charge is 0.340 e. The topological polar surface area (TPSA) is 32.3 Å². The Morgan fingerprint density at radius 3 is 2.31 bits per heavy atom. The molecule has 0 unspecified atom stereocenters. The number of hydrogen-bond acceptors (Lipinski definition) is 2. The van der Waals surface area contributed by atoms with Crippen molar-refractivity contribution in [2.75, 3.05) is 20.1 Å². The van der Waals surface area contributed by atoms with Gasteiger partial charge >= 0.3 is 0 Å². The first-order chi connectivity index (χ1) is 7.49. The average Bonchev–Trinajstić information content (AvgIpc) is 2.14. The fourth-order valence-electron chi connectivity index (χ4n) is 2.30. The number of nitrogens with zero attached hydrogens (tertiary/aromatic N) is 1. The maximum Gasteiger partial charge on any atom is 0.248 e. The summed E-state index contributed by atoms with van der Waals surface area (Å²) in [6.45, 7) is 1.65. The van der Waals surface area contributed by atoms with E-state index in [1.807, 2.05) is 0 Å². The number of alkyl halides is 2. The van der Waals surface area contributed by atoms with Crippen LogP contribution < -0.4 is 5.32 Å². The predicted molar refractivity (Wildman–Crippen MR) is 56.3 cm³/mol. The molecule has 2 rings (SSSR count). The van der Waals surface area contributed by atoms with Crippen LogP contribution in [0.4, 0.5) is 8.78 Å². The standard InChI is InChI=1S/C11H18F2N2O/c1-15(9-6-14-7-9)10(16)8-2-4-11(12,13)5-3-8/h8-9,14H,2-7H2,1H3. The lowest BCUT2D eigenvalue weighted by Gasteiger charge is -2.38. The molecule has 16 heavy (non-hydrogen) atoms. The Kier molecular flexibility index (Phi) is 3.15. The summed E-state index contributed by atoms with van der Waals surface area (Å²) in [5.41, 5.74) is 0. The summed E-state index contributed by atoms with van der Waals surface area (Å²) in [5.74, 6) is -2.69.